The summed E-state index contributed by atoms with van der Waals surface area (Å²) in [4.78, 5) is 12.6. The predicted octanol–water partition coefficient (Wildman–Crippen LogP) is 3.79. The van der Waals surface area contributed by atoms with Crippen molar-refractivity contribution in [3.05, 3.63) is 59.7 Å². The molecular formula is C18H20N2O. The highest BCUT2D eigenvalue weighted by molar-refractivity contribution is 5.98. The van der Waals surface area contributed by atoms with Crippen molar-refractivity contribution in [3.63, 3.8) is 0 Å². The van der Waals surface area contributed by atoms with Crippen molar-refractivity contribution < 1.29 is 4.79 Å². The van der Waals surface area contributed by atoms with E-state index in [9.17, 15) is 4.79 Å². The number of para-hydroxylation sites is 2. The molecule has 21 heavy (non-hydrogen) atoms. The first-order valence-electron chi connectivity index (χ1n) is 7.51. The smallest absolute Gasteiger partial charge is 0.233 e. The first-order chi connectivity index (χ1) is 10.3. The number of fused-ring (bicyclic) bond motifs is 1. The van der Waals surface area contributed by atoms with E-state index in [0.29, 0.717) is 6.54 Å². The molecule has 0 bridgehead atoms. The molecule has 0 spiro atoms. The molecule has 0 aliphatic carbocycles. The number of nitrogens with one attached hydrogen (secondary N) is 2. The van der Waals surface area contributed by atoms with Crippen LogP contribution in [0.15, 0.2) is 48.5 Å². The lowest BCUT2D eigenvalue weighted by Crippen LogP contribution is -2.23. The third-order valence-electron chi connectivity index (χ3n) is 3.94. The Kier molecular flexibility index (Phi) is 3.91. The standard InChI is InChI=1S/C18H20N2O/c1-2-7-13-8-3-5-10-16(13)20-18(21)15-12-19-17-11-6-4-9-14(15)17/h3-6,8-11,15,19H,2,7,12H2,1H3,(H,20,21). The molecule has 2 aromatic rings. The van der Waals surface area contributed by atoms with E-state index in [2.05, 4.69) is 23.6 Å². The number of amides is 1. The second kappa shape index (κ2) is 6.00. The van der Waals surface area contributed by atoms with Crippen molar-refractivity contribution in [1.29, 1.82) is 0 Å². The molecule has 0 aromatic heterocycles. The summed E-state index contributed by atoms with van der Waals surface area (Å²) in [6, 6.07) is 16.1. The van der Waals surface area contributed by atoms with Crippen LogP contribution in [-0.2, 0) is 11.2 Å². The summed E-state index contributed by atoms with van der Waals surface area (Å²) < 4.78 is 0. The second-order valence-electron chi connectivity index (χ2n) is 5.42. The van der Waals surface area contributed by atoms with Crippen molar-refractivity contribution in [3.8, 4) is 0 Å². The third kappa shape index (κ3) is 2.77. The summed E-state index contributed by atoms with van der Waals surface area (Å²) in [5, 5.41) is 6.40. The zero-order valence-corrected chi connectivity index (χ0v) is 12.2. The summed E-state index contributed by atoms with van der Waals surface area (Å²) in [5.74, 6) is -0.0492. The van der Waals surface area contributed by atoms with E-state index in [1.54, 1.807) is 0 Å². The molecule has 0 radical (unpaired) electrons. The van der Waals surface area contributed by atoms with E-state index in [-0.39, 0.29) is 11.8 Å². The number of carbonyl (C=O) groups excluding carboxylic acids is 1. The highest BCUT2D eigenvalue weighted by Crippen LogP contribution is 2.32. The fraction of sp³-hybridized carbons (Fsp3) is 0.278. The van der Waals surface area contributed by atoms with Crippen molar-refractivity contribution in [2.45, 2.75) is 25.7 Å². The van der Waals surface area contributed by atoms with Gasteiger partial charge in [0.15, 0.2) is 0 Å². The van der Waals surface area contributed by atoms with Crippen molar-refractivity contribution in [2.75, 3.05) is 17.2 Å². The van der Waals surface area contributed by atoms with E-state index in [0.717, 1.165) is 29.8 Å². The zero-order valence-electron chi connectivity index (χ0n) is 12.2. The van der Waals surface area contributed by atoms with Crippen LogP contribution in [0.3, 0.4) is 0 Å². The first kappa shape index (κ1) is 13.7. The lowest BCUT2D eigenvalue weighted by molar-refractivity contribution is -0.117. The van der Waals surface area contributed by atoms with Gasteiger partial charge in [0.05, 0.1) is 5.92 Å². The number of hydrogen-bond donors (Lipinski definition) is 2. The maximum atomic E-state index is 12.6. The van der Waals surface area contributed by atoms with Gasteiger partial charge >= 0.3 is 0 Å². The molecule has 0 saturated heterocycles. The number of aryl methyl sites for hydroxylation is 1. The summed E-state index contributed by atoms with van der Waals surface area (Å²) in [7, 11) is 0. The highest BCUT2D eigenvalue weighted by Gasteiger charge is 2.28. The van der Waals surface area contributed by atoms with E-state index < -0.39 is 0 Å². The quantitative estimate of drug-likeness (QED) is 0.894. The van der Waals surface area contributed by atoms with Crippen molar-refractivity contribution in [2.24, 2.45) is 0 Å². The van der Waals surface area contributed by atoms with Gasteiger partial charge < -0.3 is 10.6 Å². The topological polar surface area (TPSA) is 41.1 Å². The molecule has 0 fully saturated rings. The fourth-order valence-corrected chi connectivity index (χ4v) is 2.87. The van der Waals surface area contributed by atoms with Crippen LogP contribution in [0, 0.1) is 0 Å². The lowest BCUT2D eigenvalue weighted by Gasteiger charge is -2.14. The number of anilines is 2. The van der Waals surface area contributed by atoms with Crippen molar-refractivity contribution >= 4 is 17.3 Å². The molecule has 108 valence electrons. The normalized spacial score (nSPS) is 16.1. The van der Waals surface area contributed by atoms with Crippen LogP contribution >= 0.6 is 0 Å². The third-order valence-corrected chi connectivity index (χ3v) is 3.94. The minimum absolute atomic E-state index is 0.0657. The minimum atomic E-state index is -0.115. The van der Waals surface area contributed by atoms with Gasteiger partial charge in [-0.3, -0.25) is 4.79 Å². The second-order valence-corrected chi connectivity index (χ2v) is 5.42. The average molecular weight is 280 g/mol. The number of benzene rings is 2. The Morgan fingerprint density at radius 2 is 1.95 bits per heavy atom. The van der Waals surface area contributed by atoms with E-state index in [4.69, 9.17) is 0 Å². The van der Waals surface area contributed by atoms with Crippen LogP contribution in [0.4, 0.5) is 11.4 Å². The summed E-state index contributed by atoms with van der Waals surface area (Å²) in [6.07, 6.45) is 2.05. The maximum absolute atomic E-state index is 12.6. The van der Waals surface area contributed by atoms with Gasteiger partial charge in [-0.1, -0.05) is 49.7 Å². The van der Waals surface area contributed by atoms with Crippen LogP contribution in [0.1, 0.15) is 30.4 Å². The lowest BCUT2D eigenvalue weighted by atomic mass is 10.00. The number of rotatable bonds is 4. The Labute approximate surface area is 125 Å². The van der Waals surface area contributed by atoms with E-state index in [1.165, 1.54) is 5.56 Å². The van der Waals surface area contributed by atoms with Gasteiger partial charge in [-0.25, -0.2) is 0 Å². The molecule has 1 aliphatic rings. The number of hydrogen-bond acceptors (Lipinski definition) is 2. The molecule has 1 atom stereocenters. The van der Waals surface area contributed by atoms with Crippen LogP contribution in [-0.4, -0.2) is 12.5 Å². The number of carbonyl (C=O) groups is 1. The molecule has 1 amide bonds. The SMILES string of the molecule is CCCc1ccccc1NC(=O)C1CNc2ccccc21. The molecule has 1 heterocycles. The Hall–Kier alpha value is -2.29. The van der Waals surface area contributed by atoms with Gasteiger partial charge in [0.2, 0.25) is 5.91 Å². The molecule has 0 saturated carbocycles. The van der Waals surface area contributed by atoms with E-state index >= 15 is 0 Å². The van der Waals surface area contributed by atoms with Crippen LogP contribution < -0.4 is 10.6 Å². The Balaban J connectivity index is 1.79. The van der Waals surface area contributed by atoms with Gasteiger partial charge in [-0.05, 0) is 29.7 Å². The zero-order chi connectivity index (χ0) is 14.7. The van der Waals surface area contributed by atoms with Crippen LogP contribution in [0.2, 0.25) is 0 Å². The molecule has 2 N–H and O–H groups in total. The van der Waals surface area contributed by atoms with Crippen molar-refractivity contribution in [1.82, 2.24) is 0 Å². The predicted molar refractivity (Wildman–Crippen MR) is 86.7 cm³/mol. The van der Waals surface area contributed by atoms with Crippen LogP contribution in [0.5, 0.6) is 0 Å². The van der Waals surface area contributed by atoms with Gasteiger partial charge in [0.25, 0.3) is 0 Å². The summed E-state index contributed by atoms with van der Waals surface area (Å²) in [6.45, 7) is 2.82. The maximum Gasteiger partial charge on any atom is 0.233 e. The molecule has 3 rings (SSSR count). The van der Waals surface area contributed by atoms with Gasteiger partial charge in [0.1, 0.15) is 0 Å². The van der Waals surface area contributed by atoms with Gasteiger partial charge in [-0.15, -0.1) is 0 Å². The minimum Gasteiger partial charge on any atom is -0.384 e. The Morgan fingerprint density at radius 3 is 2.81 bits per heavy atom. The monoisotopic (exact) mass is 280 g/mol. The fourth-order valence-electron chi connectivity index (χ4n) is 2.87. The molecule has 3 heteroatoms. The van der Waals surface area contributed by atoms with E-state index in [1.807, 2.05) is 42.5 Å². The molecule has 3 nitrogen and oxygen atoms in total. The molecular weight excluding hydrogens is 260 g/mol. The first-order valence-corrected chi connectivity index (χ1v) is 7.51. The molecule has 1 aliphatic heterocycles. The van der Waals surface area contributed by atoms with Gasteiger partial charge in [0, 0.05) is 17.9 Å². The largest absolute Gasteiger partial charge is 0.384 e. The summed E-state index contributed by atoms with van der Waals surface area (Å²) >= 11 is 0. The Morgan fingerprint density at radius 1 is 1.19 bits per heavy atom. The highest BCUT2D eigenvalue weighted by atomic mass is 16.1. The average Bonchev–Trinajstić information content (AvgIpc) is 2.93. The Bertz CT molecular complexity index is 651. The summed E-state index contributed by atoms with van der Waals surface area (Å²) in [5.41, 5.74) is 4.30. The van der Waals surface area contributed by atoms with Crippen LogP contribution in [0.25, 0.3) is 0 Å². The molecule has 2 aromatic carbocycles. The van der Waals surface area contributed by atoms with Gasteiger partial charge in [-0.2, -0.15) is 0 Å². The molecule has 1 unspecified atom stereocenters.